The van der Waals surface area contributed by atoms with E-state index in [0.29, 0.717) is 0 Å². The summed E-state index contributed by atoms with van der Waals surface area (Å²) in [6.45, 7) is 4.20. The van der Waals surface area contributed by atoms with E-state index in [4.69, 9.17) is 15.3 Å². The fourth-order valence-electron chi connectivity index (χ4n) is 2.45. The molecule has 0 bridgehead atoms. The van der Waals surface area contributed by atoms with Gasteiger partial charge < -0.3 is 9.47 Å². The molecule has 112 valence electrons. The lowest BCUT2D eigenvalue weighted by atomic mass is 9.93. The minimum atomic E-state index is -0.117. The zero-order valence-corrected chi connectivity index (χ0v) is 12.9. The molecule has 0 amide bonds. The van der Waals surface area contributed by atoms with E-state index < -0.39 is 0 Å². The van der Waals surface area contributed by atoms with Gasteiger partial charge in [0.2, 0.25) is 0 Å². The lowest BCUT2D eigenvalue weighted by molar-refractivity contribution is 0.392. The highest BCUT2D eigenvalue weighted by Gasteiger charge is 2.17. The minimum absolute atomic E-state index is 0.117. The summed E-state index contributed by atoms with van der Waals surface area (Å²) in [4.78, 5) is 0. The zero-order chi connectivity index (χ0) is 15.4. The molecule has 0 spiro atoms. The van der Waals surface area contributed by atoms with E-state index in [9.17, 15) is 0 Å². The number of benzene rings is 2. The van der Waals surface area contributed by atoms with Crippen molar-refractivity contribution >= 4 is 0 Å². The molecule has 0 aliphatic heterocycles. The van der Waals surface area contributed by atoms with Crippen LogP contribution >= 0.6 is 0 Å². The van der Waals surface area contributed by atoms with Crippen LogP contribution in [0.15, 0.2) is 36.4 Å². The quantitative estimate of drug-likeness (QED) is 0.655. The first-order chi connectivity index (χ1) is 10.1. The summed E-state index contributed by atoms with van der Waals surface area (Å²) in [5.74, 6) is 7.30. The van der Waals surface area contributed by atoms with Crippen LogP contribution in [-0.2, 0) is 0 Å². The monoisotopic (exact) mass is 286 g/mol. The summed E-state index contributed by atoms with van der Waals surface area (Å²) in [5, 5.41) is 0. The Morgan fingerprint density at radius 3 is 2.14 bits per heavy atom. The molecule has 1 atom stereocenters. The number of nitrogens with two attached hydrogens (primary N) is 1. The number of ether oxygens (including phenoxy) is 2. The van der Waals surface area contributed by atoms with Gasteiger partial charge in [-0.15, -0.1) is 0 Å². The van der Waals surface area contributed by atoms with E-state index >= 15 is 0 Å². The number of nitrogens with one attached hydrogen (secondary N) is 1. The molecule has 2 aromatic rings. The fraction of sp³-hybridized carbons (Fsp3) is 0.294. The molecule has 4 heteroatoms. The average molecular weight is 286 g/mol. The van der Waals surface area contributed by atoms with Crippen molar-refractivity contribution in [2.24, 2.45) is 5.84 Å². The van der Waals surface area contributed by atoms with Gasteiger partial charge in [-0.2, -0.15) is 0 Å². The molecule has 3 N–H and O–H groups in total. The number of hydrogen-bond donors (Lipinski definition) is 2. The summed E-state index contributed by atoms with van der Waals surface area (Å²) in [6.07, 6.45) is 0. The van der Waals surface area contributed by atoms with Crippen LogP contribution in [0.25, 0.3) is 0 Å². The molecule has 0 saturated heterocycles. The molecular weight excluding hydrogens is 264 g/mol. The van der Waals surface area contributed by atoms with Gasteiger partial charge in [-0.1, -0.05) is 18.2 Å². The number of methoxy groups -OCH3 is 2. The van der Waals surface area contributed by atoms with Crippen molar-refractivity contribution in [3.63, 3.8) is 0 Å². The van der Waals surface area contributed by atoms with Gasteiger partial charge >= 0.3 is 0 Å². The van der Waals surface area contributed by atoms with Gasteiger partial charge in [0, 0.05) is 6.07 Å². The van der Waals surface area contributed by atoms with Gasteiger partial charge in [0.25, 0.3) is 0 Å². The summed E-state index contributed by atoms with van der Waals surface area (Å²) in [6, 6.07) is 11.9. The predicted molar refractivity (Wildman–Crippen MR) is 84.6 cm³/mol. The van der Waals surface area contributed by atoms with Crippen molar-refractivity contribution in [2.75, 3.05) is 14.2 Å². The Balaban J connectivity index is 2.53. The molecule has 21 heavy (non-hydrogen) atoms. The molecule has 0 aromatic heterocycles. The first-order valence-electron chi connectivity index (χ1n) is 6.86. The molecule has 0 aliphatic rings. The second-order valence-electron chi connectivity index (χ2n) is 5.03. The van der Waals surface area contributed by atoms with Gasteiger partial charge in [-0.25, -0.2) is 5.43 Å². The van der Waals surface area contributed by atoms with Crippen molar-refractivity contribution in [1.82, 2.24) is 5.43 Å². The van der Waals surface area contributed by atoms with Crippen molar-refractivity contribution in [1.29, 1.82) is 0 Å². The van der Waals surface area contributed by atoms with Crippen LogP contribution in [0, 0.1) is 13.8 Å². The smallest absolute Gasteiger partial charge is 0.122 e. The Bertz CT molecular complexity index is 604. The van der Waals surface area contributed by atoms with Crippen LogP contribution in [0.2, 0.25) is 0 Å². The number of aryl methyl sites for hydroxylation is 1. The molecule has 2 rings (SSSR count). The Kier molecular flexibility index (Phi) is 4.83. The third kappa shape index (κ3) is 3.17. The molecule has 0 aliphatic carbocycles. The highest BCUT2D eigenvalue weighted by atomic mass is 16.5. The third-order valence-electron chi connectivity index (χ3n) is 3.83. The Morgan fingerprint density at radius 1 is 1.00 bits per heavy atom. The van der Waals surface area contributed by atoms with E-state index in [0.717, 1.165) is 22.6 Å². The number of rotatable bonds is 5. The third-order valence-corrected chi connectivity index (χ3v) is 3.83. The SMILES string of the molecule is COc1cc(OC)cc(C(NN)c2cccc(C)c2C)c1. The van der Waals surface area contributed by atoms with Crippen molar-refractivity contribution in [2.45, 2.75) is 19.9 Å². The Hall–Kier alpha value is -2.04. The van der Waals surface area contributed by atoms with E-state index in [2.05, 4.69) is 31.4 Å². The highest BCUT2D eigenvalue weighted by Crippen LogP contribution is 2.31. The molecule has 0 heterocycles. The highest BCUT2D eigenvalue weighted by molar-refractivity contribution is 5.45. The number of hydrogen-bond acceptors (Lipinski definition) is 4. The molecule has 1 unspecified atom stereocenters. The second kappa shape index (κ2) is 6.61. The second-order valence-corrected chi connectivity index (χ2v) is 5.03. The summed E-state index contributed by atoms with van der Waals surface area (Å²) in [5.41, 5.74) is 7.51. The van der Waals surface area contributed by atoms with Crippen LogP contribution in [0.5, 0.6) is 11.5 Å². The predicted octanol–water partition coefficient (Wildman–Crippen LogP) is 2.87. The van der Waals surface area contributed by atoms with Crippen molar-refractivity contribution in [3.05, 3.63) is 58.7 Å². The van der Waals surface area contributed by atoms with Crippen molar-refractivity contribution < 1.29 is 9.47 Å². The standard InChI is InChI=1S/C17H22N2O2/c1-11-6-5-7-16(12(11)2)17(19-18)13-8-14(20-3)10-15(9-13)21-4/h5-10,17,19H,18H2,1-4H3. The maximum atomic E-state index is 5.81. The first kappa shape index (κ1) is 15.4. The van der Waals surface area contributed by atoms with Crippen LogP contribution in [-0.4, -0.2) is 14.2 Å². The van der Waals surface area contributed by atoms with E-state index in [1.54, 1.807) is 14.2 Å². The van der Waals surface area contributed by atoms with Gasteiger partial charge in [-0.3, -0.25) is 5.84 Å². The largest absolute Gasteiger partial charge is 0.497 e. The fourth-order valence-corrected chi connectivity index (χ4v) is 2.45. The maximum Gasteiger partial charge on any atom is 0.122 e. The molecule has 0 saturated carbocycles. The zero-order valence-electron chi connectivity index (χ0n) is 12.9. The number of hydrazine groups is 1. The summed E-state index contributed by atoms with van der Waals surface area (Å²) >= 11 is 0. The van der Waals surface area contributed by atoms with Gasteiger partial charge in [0.1, 0.15) is 11.5 Å². The van der Waals surface area contributed by atoms with Crippen molar-refractivity contribution in [3.8, 4) is 11.5 Å². The molecule has 2 aromatic carbocycles. The first-order valence-corrected chi connectivity index (χ1v) is 6.86. The van der Waals surface area contributed by atoms with Gasteiger partial charge in [-0.05, 0) is 48.2 Å². The molecule has 0 fully saturated rings. The molecule has 4 nitrogen and oxygen atoms in total. The van der Waals surface area contributed by atoms with E-state index in [1.807, 2.05) is 24.3 Å². The lowest BCUT2D eigenvalue weighted by Gasteiger charge is -2.21. The Labute approximate surface area is 125 Å². The van der Waals surface area contributed by atoms with Crippen LogP contribution in [0.3, 0.4) is 0 Å². The summed E-state index contributed by atoms with van der Waals surface area (Å²) < 4.78 is 10.7. The lowest BCUT2D eigenvalue weighted by Crippen LogP contribution is -2.29. The normalized spacial score (nSPS) is 12.0. The molecule has 0 radical (unpaired) electrons. The van der Waals surface area contributed by atoms with Crippen LogP contribution in [0.1, 0.15) is 28.3 Å². The Morgan fingerprint density at radius 2 is 1.62 bits per heavy atom. The maximum absolute atomic E-state index is 5.81. The van der Waals surface area contributed by atoms with Gasteiger partial charge in [0.05, 0.1) is 20.3 Å². The van der Waals surface area contributed by atoms with Gasteiger partial charge in [0.15, 0.2) is 0 Å². The average Bonchev–Trinajstić information content (AvgIpc) is 2.51. The van der Waals surface area contributed by atoms with Crippen LogP contribution in [0.4, 0.5) is 0 Å². The van der Waals surface area contributed by atoms with E-state index in [-0.39, 0.29) is 6.04 Å². The van der Waals surface area contributed by atoms with Crippen LogP contribution < -0.4 is 20.7 Å². The summed E-state index contributed by atoms with van der Waals surface area (Å²) in [7, 11) is 3.28. The molecular formula is C17H22N2O2. The minimum Gasteiger partial charge on any atom is -0.497 e. The van der Waals surface area contributed by atoms with E-state index in [1.165, 1.54) is 11.1 Å². The topological polar surface area (TPSA) is 56.5 Å².